The Balaban J connectivity index is 1.88. The number of hydrogen-bond donors (Lipinski definition) is 1. The monoisotopic (exact) mass is 241 g/mol. The molecule has 0 spiro atoms. The summed E-state index contributed by atoms with van der Waals surface area (Å²) < 4.78 is 1.75. The number of nitrogens with one attached hydrogen (secondary N) is 1. The average Bonchev–Trinajstić information content (AvgIpc) is 3.10. The smallest absolute Gasteiger partial charge is 0.272 e. The van der Waals surface area contributed by atoms with Crippen LogP contribution < -0.4 is 5.32 Å². The molecule has 92 valence electrons. The number of carbonyl (C=O) groups excluding carboxylic acids is 1. The molecule has 1 aliphatic carbocycles. The predicted molar refractivity (Wildman–Crippen MR) is 69.1 cm³/mol. The fraction of sp³-hybridized carbons (Fsp3) is 0.286. The number of benzene rings is 1. The molecule has 0 aliphatic heterocycles. The SMILES string of the molecule is Cn1nc(C(=O)NC2CC2)cc1-c1ccccc1. The Morgan fingerprint density at radius 1 is 1.33 bits per heavy atom. The van der Waals surface area contributed by atoms with Crippen molar-refractivity contribution in [2.45, 2.75) is 18.9 Å². The molecule has 1 heterocycles. The van der Waals surface area contributed by atoms with Crippen LogP contribution >= 0.6 is 0 Å². The predicted octanol–water partition coefficient (Wildman–Crippen LogP) is 1.98. The summed E-state index contributed by atoms with van der Waals surface area (Å²) >= 11 is 0. The van der Waals surface area contributed by atoms with Crippen molar-refractivity contribution in [3.8, 4) is 11.3 Å². The molecule has 1 fully saturated rings. The molecule has 1 aromatic carbocycles. The van der Waals surface area contributed by atoms with Crippen LogP contribution in [0.5, 0.6) is 0 Å². The molecule has 0 atom stereocenters. The molecule has 18 heavy (non-hydrogen) atoms. The van der Waals surface area contributed by atoms with Crippen molar-refractivity contribution in [2.75, 3.05) is 0 Å². The molecule has 0 saturated heterocycles. The van der Waals surface area contributed by atoms with Gasteiger partial charge in [0.1, 0.15) is 0 Å². The summed E-state index contributed by atoms with van der Waals surface area (Å²) in [6.07, 6.45) is 2.17. The fourth-order valence-electron chi connectivity index (χ4n) is 1.94. The van der Waals surface area contributed by atoms with Crippen LogP contribution in [-0.2, 0) is 7.05 Å². The molecule has 0 bridgehead atoms. The Morgan fingerprint density at radius 3 is 2.72 bits per heavy atom. The van der Waals surface area contributed by atoms with Crippen LogP contribution in [0.1, 0.15) is 23.3 Å². The highest BCUT2D eigenvalue weighted by Crippen LogP contribution is 2.21. The molecule has 0 unspecified atom stereocenters. The Hall–Kier alpha value is -2.10. The van der Waals surface area contributed by atoms with Gasteiger partial charge in [0.25, 0.3) is 5.91 Å². The summed E-state index contributed by atoms with van der Waals surface area (Å²) in [7, 11) is 1.86. The maximum Gasteiger partial charge on any atom is 0.272 e. The number of amides is 1. The number of carbonyl (C=O) groups is 1. The minimum Gasteiger partial charge on any atom is -0.348 e. The van der Waals surface area contributed by atoms with Gasteiger partial charge in [-0.05, 0) is 24.5 Å². The van der Waals surface area contributed by atoms with Crippen molar-refractivity contribution < 1.29 is 4.79 Å². The van der Waals surface area contributed by atoms with E-state index < -0.39 is 0 Å². The molecule has 4 nitrogen and oxygen atoms in total. The first-order valence-corrected chi connectivity index (χ1v) is 6.14. The topological polar surface area (TPSA) is 46.9 Å². The third-order valence-corrected chi connectivity index (χ3v) is 3.09. The van der Waals surface area contributed by atoms with Crippen molar-refractivity contribution in [3.05, 3.63) is 42.1 Å². The quantitative estimate of drug-likeness (QED) is 0.893. The van der Waals surface area contributed by atoms with Gasteiger partial charge in [0, 0.05) is 13.1 Å². The zero-order valence-corrected chi connectivity index (χ0v) is 10.3. The summed E-state index contributed by atoms with van der Waals surface area (Å²) in [6.45, 7) is 0. The van der Waals surface area contributed by atoms with E-state index in [2.05, 4.69) is 10.4 Å². The largest absolute Gasteiger partial charge is 0.348 e. The minimum atomic E-state index is -0.0738. The van der Waals surface area contributed by atoms with Crippen molar-refractivity contribution in [2.24, 2.45) is 7.05 Å². The second-order valence-electron chi connectivity index (χ2n) is 4.65. The van der Waals surface area contributed by atoms with E-state index in [1.54, 1.807) is 4.68 Å². The van der Waals surface area contributed by atoms with Crippen LogP contribution in [0.3, 0.4) is 0 Å². The zero-order valence-electron chi connectivity index (χ0n) is 10.3. The first-order valence-electron chi connectivity index (χ1n) is 6.14. The summed E-state index contributed by atoms with van der Waals surface area (Å²) in [5.74, 6) is -0.0738. The molecular formula is C14H15N3O. The van der Waals surface area contributed by atoms with Gasteiger partial charge in [-0.15, -0.1) is 0 Å². The van der Waals surface area contributed by atoms with Gasteiger partial charge >= 0.3 is 0 Å². The lowest BCUT2D eigenvalue weighted by molar-refractivity contribution is 0.0945. The van der Waals surface area contributed by atoms with E-state index in [4.69, 9.17) is 0 Å². The van der Waals surface area contributed by atoms with Gasteiger partial charge < -0.3 is 5.32 Å². The maximum atomic E-state index is 11.9. The zero-order chi connectivity index (χ0) is 12.5. The van der Waals surface area contributed by atoms with E-state index in [1.807, 2.05) is 43.4 Å². The number of nitrogens with zero attached hydrogens (tertiary/aromatic N) is 2. The molecule has 4 heteroatoms. The van der Waals surface area contributed by atoms with Gasteiger partial charge in [-0.1, -0.05) is 30.3 Å². The summed E-state index contributed by atoms with van der Waals surface area (Å²) in [4.78, 5) is 11.9. The fourth-order valence-corrected chi connectivity index (χ4v) is 1.94. The van der Waals surface area contributed by atoms with Gasteiger partial charge in [-0.2, -0.15) is 5.10 Å². The van der Waals surface area contributed by atoms with Crippen LogP contribution in [0.15, 0.2) is 36.4 Å². The molecule has 1 saturated carbocycles. The van der Waals surface area contributed by atoms with Crippen LogP contribution in [0, 0.1) is 0 Å². The third-order valence-electron chi connectivity index (χ3n) is 3.09. The summed E-state index contributed by atoms with van der Waals surface area (Å²) in [5.41, 5.74) is 2.51. The number of aryl methyl sites for hydroxylation is 1. The second kappa shape index (κ2) is 4.29. The van der Waals surface area contributed by atoms with E-state index in [0.717, 1.165) is 24.1 Å². The van der Waals surface area contributed by atoms with Crippen LogP contribution in [0.2, 0.25) is 0 Å². The van der Waals surface area contributed by atoms with Gasteiger partial charge in [-0.25, -0.2) is 0 Å². The normalized spacial score (nSPS) is 14.5. The molecule has 1 amide bonds. The first-order chi connectivity index (χ1) is 8.74. The number of aromatic nitrogens is 2. The molecule has 2 aromatic rings. The average molecular weight is 241 g/mol. The Kier molecular flexibility index (Phi) is 2.63. The highest BCUT2D eigenvalue weighted by atomic mass is 16.2. The molecular weight excluding hydrogens is 226 g/mol. The van der Waals surface area contributed by atoms with E-state index >= 15 is 0 Å². The van der Waals surface area contributed by atoms with Gasteiger partial charge in [0.15, 0.2) is 5.69 Å². The molecule has 1 aromatic heterocycles. The molecule has 0 radical (unpaired) electrons. The van der Waals surface area contributed by atoms with Crippen molar-refractivity contribution in [3.63, 3.8) is 0 Å². The lowest BCUT2D eigenvalue weighted by Gasteiger charge is -1.99. The summed E-state index contributed by atoms with van der Waals surface area (Å²) in [6, 6.07) is 12.2. The van der Waals surface area contributed by atoms with Crippen molar-refractivity contribution >= 4 is 5.91 Å². The van der Waals surface area contributed by atoms with Crippen molar-refractivity contribution in [1.29, 1.82) is 0 Å². The van der Waals surface area contributed by atoms with E-state index in [0.29, 0.717) is 11.7 Å². The van der Waals surface area contributed by atoms with Crippen molar-refractivity contribution in [1.82, 2.24) is 15.1 Å². The van der Waals surface area contributed by atoms with Gasteiger partial charge in [0.05, 0.1) is 5.69 Å². The lowest BCUT2D eigenvalue weighted by Crippen LogP contribution is -2.25. The van der Waals surface area contributed by atoms with Crippen LogP contribution in [0.25, 0.3) is 11.3 Å². The Labute approximate surface area is 106 Å². The van der Waals surface area contributed by atoms with Gasteiger partial charge in [-0.3, -0.25) is 9.48 Å². The maximum absolute atomic E-state index is 11.9. The molecule has 3 rings (SSSR count). The molecule has 1 aliphatic rings. The number of hydrogen-bond acceptors (Lipinski definition) is 2. The molecule has 1 N–H and O–H groups in total. The Bertz CT molecular complexity index is 570. The first kappa shape index (κ1) is 11.0. The van der Waals surface area contributed by atoms with Gasteiger partial charge in [0.2, 0.25) is 0 Å². The van der Waals surface area contributed by atoms with E-state index in [9.17, 15) is 4.79 Å². The minimum absolute atomic E-state index is 0.0738. The lowest BCUT2D eigenvalue weighted by atomic mass is 10.1. The third kappa shape index (κ3) is 2.14. The number of rotatable bonds is 3. The Morgan fingerprint density at radius 2 is 2.06 bits per heavy atom. The summed E-state index contributed by atoms with van der Waals surface area (Å²) in [5, 5.41) is 7.22. The second-order valence-corrected chi connectivity index (χ2v) is 4.65. The van der Waals surface area contributed by atoms with Crippen LogP contribution in [0.4, 0.5) is 0 Å². The van der Waals surface area contributed by atoms with E-state index in [-0.39, 0.29) is 5.91 Å². The highest BCUT2D eigenvalue weighted by Gasteiger charge is 2.25. The standard InChI is InChI=1S/C14H15N3O/c1-17-13(10-5-3-2-4-6-10)9-12(16-17)14(18)15-11-7-8-11/h2-6,9,11H,7-8H2,1H3,(H,15,18). The van der Waals surface area contributed by atoms with Crippen LogP contribution in [-0.4, -0.2) is 21.7 Å². The highest BCUT2D eigenvalue weighted by molar-refractivity contribution is 5.93. The van der Waals surface area contributed by atoms with E-state index in [1.165, 1.54) is 0 Å².